The molecule has 88 valence electrons. The number of hydrogen-bond acceptors (Lipinski definition) is 4. The van der Waals surface area contributed by atoms with Gasteiger partial charge in [0, 0.05) is 5.56 Å². The van der Waals surface area contributed by atoms with E-state index in [1.807, 2.05) is 0 Å². The maximum Gasteiger partial charge on any atom is 0.416 e. The van der Waals surface area contributed by atoms with Crippen LogP contribution in [0.25, 0.3) is 11.4 Å². The van der Waals surface area contributed by atoms with Gasteiger partial charge < -0.3 is 0 Å². The van der Waals surface area contributed by atoms with Crippen LogP contribution in [0.2, 0.25) is 0 Å². The molecule has 0 fully saturated rings. The van der Waals surface area contributed by atoms with E-state index in [1.54, 1.807) is 6.92 Å². The van der Waals surface area contributed by atoms with Gasteiger partial charge in [-0.25, -0.2) is 0 Å². The smallest absolute Gasteiger partial charge is 0.166 e. The highest BCUT2D eigenvalue weighted by atomic mass is 19.4. The third kappa shape index (κ3) is 2.55. The largest absolute Gasteiger partial charge is 0.416 e. The zero-order chi connectivity index (χ0) is 12.5. The SMILES string of the molecule is Cc1nnc(-c2cccc(C(F)(F)F)c2)nn1. The Hall–Kier alpha value is -2.05. The summed E-state index contributed by atoms with van der Waals surface area (Å²) in [5.74, 6) is 0.433. The number of rotatable bonds is 1. The quantitative estimate of drug-likeness (QED) is 0.767. The molecule has 0 aliphatic carbocycles. The van der Waals surface area contributed by atoms with Crippen LogP contribution in [0, 0.1) is 6.92 Å². The van der Waals surface area contributed by atoms with Crippen LogP contribution < -0.4 is 0 Å². The minimum absolute atomic E-state index is 0.0710. The first kappa shape index (κ1) is 11.4. The minimum Gasteiger partial charge on any atom is -0.166 e. The van der Waals surface area contributed by atoms with E-state index in [1.165, 1.54) is 12.1 Å². The predicted molar refractivity (Wildman–Crippen MR) is 52.8 cm³/mol. The van der Waals surface area contributed by atoms with Crippen LogP contribution in [0.5, 0.6) is 0 Å². The third-order valence-corrected chi connectivity index (χ3v) is 2.03. The van der Waals surface area contributed by atoms with Gasteiger partial charge in [0.05, 0.1) is 5.56 Å². The summed E-state index contributed by atoms with van der Waals surface area (Å²) >= 11 is 0. The van der Waals surface area contributed by atoms with E-state index >= 15 is 0 Å². The molecule has 0 amide bonds. The lowest BCUT2D eigenvalue weighted by Crippen LogP contribution is -2.05. The van der Waals surface area contributed by atoms with Gasteiger partial charge in [0.2, 0.25) is 5.82 Å². The predicted octanol–water partition coefficient (Wildman–Crippen LogP) is 2.26. The molecule has 0 spiro atoms. The molecular weight excluding hydrogens is 233 g/mol. The molecule has 0 N–H and O–H groups in total. The van der Waals surface area contributed by atoms with Gasteiger partial charge in [-0.3, -0.25) is 0 Å². The highest BCUT2D eigenvalue weighted by molar-refractivity contribution is 5.55. The molecule has 0 saturated heterocycles. The number of halogens is 3. The number of nitrogens with zero attached hydrogens (tertiary/aromatic N) is 4. The minimum atomic E-state index is -4.39. The van der Waals surface area contributed by atoms with Crippen molar-refractivity contribution in [3.8, 4) is 11.4 Å². The molecule has 0 atom stereocenters. The van der Waals surface area contributed by atoms with E-state index in [4.69, 9.17) is 0 Å². The van der Waals surface area contributed by atoms with Crippen molar-refractivity contribution >= 4 is 0 Å². The van der Waals surface area contributed by atoms with E-state index in [2.05, 4.69) is 20.4 Å². The summed E-state index contributed by atoms with van der Waals surface area (Å²) in [7, 11) is 0. The lowest BCUT2D eigenvalue weighted by atomic mass is 10.1. The Morgan fingerprint density at radius 3 is 2.24 bits per heavy atom. The Balaban J connectivity index is 2.43. The van der Waals surface area contributed by atoms with Gasteiger partial charge in [0.15, 0.2) is 5.82 Å². The fourth-order valence-corrected chi connectivity index (χ4v) is 1.23. The highest BCUT2D eigenvalue weighted by Crippen LogP contribution is 2.31. The summed E-state index contributed by atoms with van der Waals surface area (Å²) in [4.78, 5) is 0. The zero-order valence-electron chi connectivity index (χ0n) is 8.73. The topological polar surface area (TPSA) is 51.6 Å². The molecule has 1 aromatic carbocycles. The number of aromatic nitrogens is 4. The summed E-state index contributed by atoms with van der Waals surface area (Å²) in [5.41, 5.74) is -0.515. The molecule has 4 nitrogen and oxygen atoms in total. The average Bonchev–Trinajstić information content (AvgIpc) is 2.29. The molecule has 0 unspecified atom stereocenters. The zero-order valence-corrected chi connectivity index (χ0v) is 8.73. The monoisotopic (exact) mass is 240 g/mol. The second-order valence-corrected chi connectivity index (χ2v) is 3.35. The summed E-state index contributed by atoms with van der Waals surface area (Å²) < 4.78 is 37.4. The molecule has 2 rings (SSSR count). The van der Waals surface area contributed by atoms with Crippen LogP contribution in [-0.2, 0) is 6.18 Å². The summed E-state index contributed by atoms with van der Waals surface area (Å²) in [5, 5.41) is 14.6. The number of hydrogen-bond donors (Lipinski definition) is 0. The summed E-state index contributed by atoms with van der Waals surface area (Å²) in [6, 6.07) is 4.72. The molecule has 1 aromatic heterocycles. The fourth-order valence-electron chi connectivity index (χ4n) is 1.23. The first-order valence-corrected chi connectivity index (χ1v) is 4.68. The van der Waals surface area contributed by atoms with Crippen molar-refractivity contribution < 1.29 is 13.2 Å². The summed E-state index contributed by atoms with van der Waals surface area (Å²) in [6.45, 7) is 1.59. The van der Waals surface area contributed by atoms with Gasteiger partial charge in [-0.2, -0.15) is 13.2 Å². The van der Waals surface area contributed by atoms with Crippen molar-refractivity contribution in [3.05, 3.63) is 35.7 Å². The molecule has 0 bridgehead atoms. The molecule has 0 saturated carbocycles. The van der Waals surface area contributed by atoms with Crippen LogP contribution in [0.3, 0.4) is 0 Å². The molecule has 0 aliphatic heterocycles. The van der Waals surface area contributed by atoms with E-state index in [-0.39, 0.29) is 11.4 Å². The maximum atomic E-state index is 12.5. The normalized spacial score (nSPS) is 11.5. The van der Waals surface area contributed by atoms with E-state index in [0.717, 1.165) is 12.1 Å². The van der Waals surface area contributed by atoms with Gasteiger partial charge in [-0.05, 0) is 19.1 Å². The van der Waals surface area contributed by atoms with E-state index < -0.39 is 11.7 Å². The van der Waals surface area contributed by atoms with Gasteiger partial charge in [0.25, 0.3) is 0 Å². The van der Waals surface area contributed by atoms with Crippen molar-refractivity contribution in [1.29, 1.82) is 0 Å². The number of benzene rings is 1. The second kappa shape index (κ2) is 4.08. The van der Waals surface area contributed by atoms with Crippen LogP contribution >= 0.6 is 0 Å². The Kier molecular flexibility index (Phi) is 2.74. The molecule has 1 heterocycles. The van der Waals surface area contributed by atoms with E-state index in [0.29, 0.717) is 5.82 Å². The maximum absolute atomic E-state index is 12.5. The molecule has 0 aliphatic rings. The van der Waals surface area contributed by atoms with Crippen molar-refractivity contribution in [2.24, 2.45) is 0 Å². The molecule has 7 heteroatoms. The van der Waals surface area contributed by atoms with Crippen molar-refractivity contribution in [3.63, 3.8) is 0 Å². The summed E-state index contributed by atoms with van der Waals surface area (Å²) in [6.07, 6.45) is -4.39. The first-order valence-electron chi connectivity index (χ1n) is 4.68. The van der Waals surface area contributed by atoms with E-state index in [9.17, 15) is 13.2 Å². The average molecular weight is 240 g/mol. The van der Waals surface area contributed by atoms with Gasteiger partial charge in [-0.1, -0.05) is 12.1 Å². The lowest BCUT2D eigenvalue weighted by Gasteiger charge is -2.07. The van der Waals surface area contributed by atoms with Crippen LogP contribution in [-0.4, -0.2) is 20.4 Å². The lowest BCUT2D eigenvalue weighted by molar-refractivity contribution is -0.137. The van der Waals surface area contributed by atoms with Gasteiger partial charge in [-0.15, -0.1) is 20.4 Å². The van der Waals surface area contributed by atoms with Crippen LogP contribution in [0.1, 0.15) is 11.4 Å². The Bertz CT molecular complexity index is 522. The van der Waals surface area contributed by atoms with Crippen molar-refractivity contribution in [1.82, 2.24) is 20.4 Å². The number of alkyl halides is 3. The van der Waals surface area contributed by atoms with Gasteiger partial charge >= 0.3 is 6.18 Å². The van der Waals surface area contributed by atoms with Crippen LogP contribution in [0.15, 0.2) is 24.3 Å². The molecule has 0 radical (unpaired) electrons. The third-order valence-electron chi connectivity index (χ3n) is 2.03. The van der Waals surface area contributed by atoms with Crippen molar-refractivity contribution in [2.75, 3.05) is 0 Å². The van der Waals surface area contributed by atoms with Crippen LogP contribution in [0.4, 0.5) is 13.2 Å². The molecule has 17 heavy (non-hydrogen) atoms. The molecular formula is C10H7F3N4. The Morgan fingerprint density at radius 1 is 1.00 bits per heavy atom. The number of aryl methyl sites for hydroxylation is 1. The standard InChI is InChI=1S/C10H7F3N4/c1-6-14-16-9(17-15-6)7-3-2-4-8(5-7)10(11,12)13/h2-5H,1H3. The van der Waals surface area contributed by atoms with Gasteiger partial charge in [0.1, 0.15) is 0 Å². The Morgan fingerprint density at radius 2 is 1.65 bits per heavy atom. The highest BCUT2D eigenvalue weighted by Gasteiger charge is 2.30. The molecule has 2 aromatic rings. The first-order chi connectivity index (χ1) is 7.97. The second-order valence-electron chi connectivity index (χ2n) is 3.35. The fraction of sp³-hybridized carbons (Fsp3) is 0.200. The Labute approximate surface area is 94.5 Å². The van der Waals surface area contributed by atoms with Crippen molar-refractivity contribution in [2.45, 2.75) is 13.1 Å².